The zero-order valence-corrected chi connectivity index (χ0v) is 19.8. The predicted octanol–water partition coefficient (Wildman–Crippen LogP) is 5.42. The van der Waals surface area contributed by atoms with Gasteiger partial charge in [-0.05, 0) is 85.8 Å². The summed E-state index contributed by atoms with van der Waals surface area (Å²) >= 11 is 0. The zero-order valence-electron chi connectivity index (χ0n) is 19.8. The van der Waals surface area contributed by atoms with Crippen LogP contribution in [0.3, 0.4) is 0 Å². The van der Waals surface area contributed by atoms with Crippen molar-refractivity contribution in [2.45, 2.75) is 40.2 Å². The Labute approximate surface area is 199 Å². The molecule has 0 radical (unpaired) electrons. The summed E-state index contributed by atoms with van der Waals surface area (Å²) in [5.41, 5.74) is 4.51. The lowest BCUT2D eigenvalue weighted by atomic mass is 9.95. The van der Waals surface area contributed by atoms with Crippen molar-refractivity contribution in [3.63, 3.8) is 0 Å². The number of benzene rings is 2. The third-order valence-electron chi connectivity index (χ3n) is 6.00. The van der Waals surface area contributed by atoms with E-state index in [2.05, 4.69) is 4.98 Å². The van der Waals surface area contributed by atoms with E-state index in [-0.39, 0.29) is 11.3 Å². The number of pyridine rings is 1. The molecule has 174 valence electrons. The number of hydrogen-bond acceptors (Lipinski definition) is 5. The second-order valence-electron chi connectivity index (χ2n) is 8.57. The van der Waals surface area contributed by atoms with E-state index in [0.717, 1.165) is 28.9 Å². The van der Waals surface area contributed by atoms with Crippen molar-refractivity contribution >= 4 is 23.1 Å². The van der Waals surface area contributed by atoms with Crippen LogP contribution in [-0.2, 0) is 9.59 Å². The van der Waals surface area contributed by atoms with Gasteiger partial charge >= 0.3 is 0 Å². The Morgan fingerprint density at radius 3 is 2.41 bits per heavy atom. The first kappa shape index (κ1) is 23.2. The molecule has 1 saturated heterocycles. The molecular weight excluding hydrogens is 428 g/mol. The monoisotopic (exact) mass is 456 g/mol. The second kappa shape index (κ2) is 9.51. The largest absolute Gasteiger partial charge is 0.507 e. The number of nitrogens with zero attached hydrogens (tertiary/aromatic N) is 2. The van der Waals surface area contributed by atoms with E-state index in [1.165, 1.54) is 4.90 Å². The standard InChI is InChI=1S/C28H28N2O4/c1-5-14-34-23-9-8-21(16-19(23)4)26(31)24-25(20-10-12-29-13-11-20)30(28(33)27(24)32)22-15-17(2)6-7-18(22)3/h6-13,15-16,25,31H,5,14H2,1-4H3/b26-24-. The molecule has 2 heterocycles. The fourth-order valence-electron chi connectivity index (χ4n) is 4.25. The molecule has 0 bridgehead atoms. The molecule has 4 rings (SSSR count). The number of carbonyl (C=O) groups excluding carboxylic acids is 2. The van der Waals surface area contributed by atoms with E-state index in [9.17, 15) is 14.7 Å². The molecule has 1 unspecified atom stereocenters. The fourth-order valence-corrected chi connectivity index (χ4v) is 4.25. The molecule has 0 spiro atoms. The minimum atomic E-state index is -0.778. The van der Waals surface area contributed by atoms with Gasteiger partial charge < -0.3 is 9.84 Å². The first-order valence-corrected chi connectivity index (χ1v) is 11.4. The number of rotatable bonds is 6. The van der Waals surface area contributed by atoms with Gasteiger partial charge in [0.25, 0.3) is 11.7 Å². The van der Waals surface area contributed by atoms with E-state index in [0.29, 0.717) is 23.4 Å². The van der Waals surface area contributed by atoms with Crippen LogP contribution in [0.5, 0.6) is 5.75 Å². The number of amides is 1. The second-order valence-corrected chi connectivity index (χ2v) is 8.57. The predicted molar refractivity (Wildman–Crippen MR) is 132 cm³/mol. The Kier molecular flexibility index (Phi) is 6.50. The molecule has 1 N–H and O–H groups in total. The Hall–Kier alpha value is -3.93. The number of ether oxygens (including phenoxy) is 1. The average molecular weight is 457 g/mol. The van der Waals surface area contributed by atoms with Crippen LogP contribution in [0.4, 0.5) is 5.69 Å². The number of aliphatic hydroxyl groups excluding tert-OH is 1. The molecule has 1 atom stereocenters. The Bertz CT molecular complexity index is 1280. The smallest absolute Gasteiger partial charge is 0.300 e. The highest BCUT2D eigenvalue weighted by Crippen LogP contribution is 2.43. The van der Waals surface area contributed by atoms with Gasteiger partial charge in [-0.15, -0.1) is 0 Å². The van der Waals surface area contributed by atoms with E-state index in [1.807, 2.05) is 45.9 Å². The molecule has 34 heavy (non-hydrogen) atoms. The molecule has 6 nitrogen and oxygen atoms in total. The summed E-state index contributed by atoms with van der Waals surface area (Å²) in [6, 6.07) is 13.8. The van der Waals surface area contributed by atoms with Crippen LogP contribution in [0.25, 0.3) is 5.76 Å². The Morgan fingerprint density at radius 1 is 1.00 bits per heavy atom. The van der Waals surface area contributed by atoms with Crippen LogP contribution in [-0.4, -0.2) is 28.4 Å². The number of aryl methyl sites for hydroxylation is 3. The lowest BCUT2D eigenvalue weighted by molar-refractivity contribution is -0.132. The number of Topliss-reactive ketones (excluding diaryl/α,β-unsaturated/α-hetero) is 1. The first-order valence-electron chi connectivity index (χ1n) is 11.4. The Morgan fingerprint density at radius 2 is 1.74 bits per heavy atom. The van der Waals surface area contributed by atoms with Crippen molar-refractivity contribution in [2.75, 3.05) is 11.5 Å². The number of anilines is 1. The summed E-state index contributed by atoms with van der Waals surface area (Å²) < 4.78 is 5.74. The van der Waals surface area contributed by atoms with Crippen molar-refractivity contribution in [3.8, 4) is 5.75 Å². The zero-order chi connectivity index (χ0) is 24.4. The number of ketones is 1. The van der Waals surface area contributed by atoms with Crippen molar-refractivity contribution in [3.05, 3.63) is 94.3 Å². The van der Waals surface area contributed by atoms with Crippen LogP contribution in [0.1, 0.15) is 47.2 Å². The van der Waals surface area contributed by atoms with Crippen molar-refractivity contribution < 1.29 is 19.4 Å². The van der Waals surface area contributed by atoms with Gasteiger partial charge in [-0.1, -0.05) is 19.1 Å². The minimum Gasteiger partial charge on any atom is -0.507 e. The van der Waals surface area contributed by atoms with Gasteiger partial charge in [0.2, 0.25) is 0 Å². The summed E-state index contributed by atoms with van der Waals surface area (Å²) in [7, 11) is 0. The highest BCUT2D eigenvalue weighted by molar-refractivity contribution is 6.51. The third-order valence-corrected chi connectivity index (χ3v) is 6.00. The molecule has 1 fully saturated rings. The number of aromatic nitrogens is 1. The lowest BCUT2D eigenvalue weighted by Crippen LogP contribution is -2.30. The SMILES string of the molecule is CCCOc1ccc(/C(O)=C2/C(=O)C(=O)N(c3cc(C)ccc3C)C2c2ccncc2)cc1C. The summed E-state index contributed by atoms with van der Waals surface area (Å²) in [5, 5.41) is 11.3. The quantitative estimate of drug-likeness (QED) is 0.304. The molecule has 1 aliphatic heterocycles. The molecule has 1 aliphatic rings. The third kappa shape index (κ3) is 4.19. The molecule has 6 heteroatoms. The van der Waals surface area contributed by atoms with Gasteiger partial charge in [0.1, 0.15) is 11.5 Å². The Balaban J connectivity index is 1.89. The maximum absolute atomic E-state index is 13.3. The molecule has 0 saturated carbocycles. The highest BCUT2D eigenvalue weighted by atomic mass is 16.5. The lowest BCUT2D eigenvalue weighted by Gasteiger charge is -2.27. The summed E-state index contributed by atoms with van der Waals surface area (Å²) in [6.07, 6.45) is 4.11. The summed E-state index contributed by atoms with van der Waals surface area (Å²) in [6.45, 7) is 8.34. The molecule has 1 aromatic heterocycles. The summed E-state index contributed by atoms with van der Waals surface area (Å²) in [4.78, 5) is 32.2. The van der Waals surface area contributed by atoms with Gasteiger partial charge in [0.15, 0.2) is 0 Å². The number of aliphatic hydroxyl groups is 1. The molecular formula is C28H28N2O4. The molecule has 2 aromatic carbocycles. The minimum absolute atomic E-state index is 0.0544. The van der Waals surface area contributed by atoms with Crippen molar-refractivity contribution in [1.82, 2.24) is 4.98 Å². The van der Waals surface area contributed by atoms with Crippen LogP contribution >= 0.6 is 0 Å². The maximum Gasteiger partial charge on any atom is 0.300 e. The van der Waals surface area contributed by atoms with E-state index in [4.69, 9.17) is 4.74 Å². The van der Waals surface area contributed by atoms with Crippen molar-refractivity contribution in [2.24, 2.45) is 0 Å². The molecule has 0 aliphatic carbocycles. The van der Waals surface area contributed by atoms with Crippen LogP contribution in [0, 0.1) is 20.8 Å². The number of carbonyl (C=O) groups is 2. The van der Waals surface area contributed by atoms with E-state index >= 15 is 0 Å². The van der Waals surface area contributed by atoms with Crippen LogP contribution in [0.2, 0.25) is 0 Å². The van der Waals surface area contributed by atoms with Gasteiger partial charge in [-0.2, -0.15) is 0 Å². The normalized spacial score (nSPS) is 17.3. The molecule has 3 aromatic rings. The van der Waals surface area contributed by atoms with Gasteiger partial charge in [0.05, 0.1) is 18.2 Å². The molecule has 1 amide bonds. The fraction of sp³-hybridized carbons (Fsp3) is 0.250. The van der Waals surface area contributed by atoms with Crippen molar-refractivity contribution in [1.29, 1.82) is 0 Å². The number of hydrogen-bond donors (Lipinski definition) is 1. The van der Waals surface area contributed by atoms with Gasteiger partial charge in [0, 0.05) is 23.6 Å². The highest BCUT2D eigenvalue weighted by Gasteiger charge is 2.47. The van der Waals surface area contributed by atoms with Crippen LogP contribution in [0.15, 0.2) is 66.5 Å². The van der Waals surface area contributed by atoms with E-state index < -0.39 is 17.7 Å². The summed E-state index contributed by atoms with van der Waals surface area (Å²) in [5.74, 6) is -0.876. The van der Waals surface area contributed by atoms with Crippen LogP contribution < -0.4 is 9.64 Å². The topological polar surface area (TPSA) is 79.7 Å². The van der Waals surface area contributed by atoms with Gasteiger partial charge in [-0.3, -0.25) is 19.5 Å². The maximum atomic E-state index is 13.3. The average Bonchev–Trinajstić information content (AvgIpc) is 3.10. The van der Waals surface area contributed by atoms with Gasteiger partial charge in [-0.25, -0.2) is 0 Å². The van der Waals surface area contributed by atoms with E-state index in [1.54, 1.807) is 42.7 Å². The first-order chi connectivity index (χ1) is 16.3.